The van der Waals surface area contributed by atoms with Crippen molar-refractivity contribution in [2.24, 2.45) is 0 Å². The number of nitrogens with one attached hydrogen (secondary N) is 1. The van der Waals surface area contributed by atoms with E-state index in [9.17, 15) is 4.39 Å². The molecule has 9 heteroatoms. The smallest absolute Gasteiger partial charge is 0.229 e. The number of piperidine rings is 1. The number of nitrogens with zero attached hydrogens (tertiary/aromatic N) is 5. The van der Waals surface area contributed by atoms with Gasteiger partial charge in [-0.05, 0) is 80.4 Å². The van der Waals surface area contributed by atoms with Crippen LogP contribution in [-0.4, -0.2) is 44.5 Å². The molecule has 4 aromatic heterocycles. The number of fused-ring (bicyclic) bond motifs is 1. The van der Waals surface area contributed by atoms with E-state index < -0.39 is 5.82 Å². The van der Waals surface area contributed by atoms with Gasteiger partial charge in [-0.15, -0.1) is 11.3 Å². The van der Waals surface area contributed by atoms with Crippen LogP contribution in [0.15, 0.2) is 36.8 Å². The molecule has 2 aliphatic rings. The molecule has 1 aliphatic heterocycles. The molecule has 0 aromatic carbocycles. The summed E-state index contributed by atoms with van der Waals surface area (Å²) in [7, 11) is 0. The molecule has 2 fully saturated rings. The van der Waals surface area contributed by atoms with Crippen molar-refractivity contribution in [3.63, 3.8) is 0 Å². The second kappa shape index (κ2) is 10.6. The second-order valence-corrected chi connectivity index (χ2v) is 11.4. The van der Waals surface area contributed by atoms with Gasteiger partial charge >= 0.3 is 0 Å². The normalized spacial score (nSPS) is 17.6. The molecule has 5 heterocycles. The highest BCUT2D eigenvalue weighted by atomic mass is 35.5. The maximum absolute atomic E-state index is 15.0. The van der Waals surface area contributed by atoms with Gasteiger partial charge in [-0.3, -0.25) is 4.98 Å². The maximum atomic E-state index is 15.0. The summed E-state index contributed by atoms with van der Waals surface area (Å²) in [5, 5.41) is 3.58. The molecule has 192 valence electrons. The van der Waals surface area contributed by atoms with E-state index in [1.54, 1.807) is 0 Å². The van der Waals surface area contributed by atoms with Gasteiger partial charge in [-0.25, -0.2) is 19.3 Å². The van der Waals surface area contributed by atoms with Crippen LogP contribution in [-0.2, 0) is 0 Å². The molecule has 0 bridgehead atoms. The summed E-state index contributed by atoms with van der Waals surface area (Å²) in [5.41, 5.74) is 3.42. The van der Waals surface area contributed by atoms with E-state index in [2.05, 4.69) is 49.2 Å². The van der Waals surface area contributed by atoms with Crippen molar-refractivity contribution in [1.82, 2.24) is 24.8 Å². The first-order valence-electron chi connectivity index (χ1n) is 13.2. The monoisotopic (exact) mass is 536 g/mol. The zero-order chi connectivity index (χ0) is 25.4. The number of rotatable bonds is 6. The predicted octanol–water partition coefficient (Wildman–Crippen LogP) is 7.54. The number of hydrogen-bond acceptors (Lipinski definition) is 7. The van der Waals surface area contributed by atoms with Crippen LogP contribution < -0.4 is 5.32 Å². The zero-order valence-electron chi connectivity index (χ0n) is 20.9. The van der Waals surface area contributed by atoms with Crippen molar-refractivity contribution >= 4 is 44.9 Å². The predicted molar refractivity (Wildman–Crippen MR) is 148 cm³/mol. The van der Waals surface area contributed by atoms with E-state index in [0.717, 1.165) is 42.7 Å². The SMILES string of the molecule is CCN1CCC(c2ccc(Nc3ncc(F)c(-c4sc5c(C6CCCC6)ccnc5c4Cl)n3)nc2)CC1. The molecule has 1 aliphatic carbocycles. The molecule has 0 radical (unpaired) electrons. The fraction of sp³-hybridized carbons (Fsp3) is 0.429. The van der Waals surface area contributed by atoms with Crippen molar-refractivity contribution in [1.29, 1.82) is 0 Å². The van der Waals surface area contributed by atoms with Crippen molar-refractivity contribution in [2.75, 3.05) is 25.0 Å². The van der Waals surface area contributed by atoms with E-state index in [0.29, 0.717) is 27.6 Å². The lowest BCUT2D eigenvalue weighted by Crippen LogP contribution is -2.32. The first-order valence-corrected chi connectivity index (χ1v) is 14.3. The molecule has 37 heavy (non-hydrogen) atoms. The number of likely N-dealkylation sites (tertiary alicyclic amines) is 1. The Balaban J connectivity index is 1.25. The number of halogens is 2. The van der Waals surface area contributed by atoms with Crippen LogP contribution >= 0.6 is 22.9 Å². The molecule has 4 aromatic rings. The van der Waals surface area contributed by atoms with Gasteiger partial charge in [0.15, 0.2) is 5.82 Å². The van der Waals surface area contributed by atoms with Crippen LogP contribution in [0.2, 0.25) is 5.02 Å². The van der Waals surface area contributed by atoms with Crippen molar-refractivity contribution < 1.29 is 4.39 Å². The Labute approximate surface area is 225 Å². The molecule has 0 unspecified atom stereocenters. The fourth-order valence-electron chi connectivity index (χ4n) is 5.70. The van der Waals surface area contributed by atoms with Crippen LogP contribution in [0.25, 0.3) is 20.8 Å². The van der Waals surface area contributed by atoms with Crippen LogP contribution in [0.3, 0.4) is 0 Å². The standard InChI is InChI=1S/C28H30ClFN6S/c1-2-36-13-10-17(11-14-36)19-7-8-22(32-15-19)34-28-33-16-21(30)24(35-28)27-23(29)25-26(37-27)20(9-12-31-25)18-5-3-4-6-18/h7-9,12,15-18H,2-6,10-11,13-14H2,1H3,(H,32,33,34,35). The van der Waals surface area contributed by atoms with E-state index in [1.807, 2.05) is 18.5 Å². The summed E-state index contributed by atoms with van der Waals surface area (Å²) in [5.74, 6) is 1.44. The number of thiophene rings is 1. The van der Waals surface area contributed by atoms with Gasteiger partial charge in [0.2, 0.25) is 5.95 Å². The molecule has 0 amide bonds. The maximum Gasteiger partial charge on any atom is 0.229 e. The largest absolute Gasteiger partial charge is 0.309 e. The number of pyridine rings is 2. The Kier molecular flexibility index (Phi) is 7.06. The van der Waals surface area contributed by atoms with Gasteiger partial charge in [-0.1, -0.05) is 37.4 Å². The minimum absolute atomic E-state index is 0.183. The molecule has 1 saturated carbocycles. The number of aromatic nitrogens is 4. The average molecular weight is 537 g/mol. The topological polar surface area (TPSA) is 66.8 Å². The highest BCUT2D eigenvalue weighted by Crippen LogP contribution is 2.46. The van der Waals surface area contributed by atoms with E-state index in [-0.39, 0.29) is 11.6 Å². The summed E-state index contributed by atoms with van der Waals surface area (Å²) in [6.07, 6.45) is 12.0. The van der Waals surface area contributed by atoms with E-state index in [4.69, 9.17) is 11.6 Å². The van der Waals surface area contributed by atoms with Crippen LogP contribution in [0, 0.1) is 5.82 Å². The first kappa shape index (κ1) is 24.6. The van der Waals surface area contributed by atoms with Crippen molar-refractivity contribution in [3.05, 3.63) is 58.8 Å². The molecule has 1 saturated heterocycles. The Hall–Kier alpha value is -2.68. The molecule has 6 nitrogen and oxygen atoms in total. The molecular formula is C28H30ClFN6S. The van der Waals surface area contributed by atoms with E-state index in [1.165, 1.54) is 54.3 Å². The summed E-state index contributed by atoms with van der Waals surface area (Å²) >= 11 is 8.22. The summed E-state index contributed by atoms with van der Waals surface area (Å²) in [6, 6.07) is 6.14. The highest BCUT2D eigenvalue weighted by Gasteiger charge is 2.25. The Morgan fingerprint density at radius 1 is 1.03 bits per heavy atom. The molecular weight excluding hydrogens is 507 g/mol. The van der Waals surface area contributed by atoms with Gasteiger partial charge in [0.1, 0.15) is 17.0 Å². The lowest BCUT2D eigenvalue weighted by atomic mass is 9.90. The third-order valence-corrected chi connectivity index (χ3v) is 9.55. The summed E-state index contributed by atoms with van der Waals surface area (Å²) in [6.45, 7) is 5.58. The molecule has 0 spiro atoms. The van der Waals surface area contributed by atoms with Gasteiger partial charge < -0.3 is 10.2 Å². The quantitative estimate of drug-likeness (QED) is 0.274. The lowest BCUT2D eigenvalue weighted by Gasteiger charge is -2.31. The Morgan fingerprint density at radius 3 is 2.57 bits per heavy atom. The van der Waals surface area contributed by atoms with Gasteiger partial charge in [-0.2, -0.15) is 0 Å². The average Bonchev–Trinajstić information content (AvgIpc) is 3.59. The third kappa shape index (κ3) is 4.94. The van der Waals surface area contributed by atoms with Gasteiger partial charge in [0, 0.05) is 12.4 Å². The molecule has 0 atom stereocenters. The van der Waals surface area contributed by atoms with Crippen molar-refractivity contribution in [3.8, 4) is 10.6 Å². The van der Waals surface area contributed by atoms with Crippen LogP contribution in [0.1, 0.15) is 68.4 Å². The van der Waals surface area contributed by atoms with Gasteiger partial charge in [0.25, 0.3) is 0 Å². The molecule has 6 rings (SSSR count). The van der Waals surface area contributed by atoms with Gasteiger partial charge in [0.05, 0.1) is 20.8 Å². The van der Waals surface area contributed by atoms with Crippen molar-refractivity contribution in [2.45, 2.75) is 57.3 Å². The summed E-state index contributed by atoms with van der Waals surface area (Å²) < 4.78 is 16.0. The summed E-state index contributed by atoms with van der Waals surface area (Å²) in [4.78, 5) is 20.8. The van der Waals surface area contributed by atoms with E-state index >= 15 is 0 Å². The Bertz CT molecular complexity index is 1390. The Morgan fingerprint density at radius 2 is 1.84 bits per heavy atom. The highest BCUT2D eigenvalue weighted by molar-refractivity contribution is 7.23. The fourth-order valence-corrected chi connectivity index (χ4v) is 7.33. The van der Waals surface area contributed by atoms with Crippen LogP contribution in [0.4, 0.5) is 16.2 Å². The third-order valence-electron chi connectivity index (χ3n) is 7.83. The number of anilines is 2. The zero-order valence-corrected chi connectivity index (χ0v) is 22.5. The van der Waals surface area contributed by atoms with Crippen LogP contribution in [0.5, 0.6) is 0 Å². The second-order valence-electron chi connectivity index (χ2n) is 10.0. The molecule has 1 N–H and O–H groups in total. The minimum atomic E-state index is -0.511. The first-order chi connectivity index (χ1) is 18.1. The number of hydrogen-bond donors (Lipinski definition) is 1. The minimum Gasteiger partial charge on any atom is -0.309 e. The lowest BCUT2D eigenvalue weighted by molar-refractivity contribution is 0.222.